The Morgan fingerprint density at radius 1 is 1.00 bits per heavy atom. The molecular weight excluding hydrogens is 150 g/mol. The zero-order valence-electron chi connectivity index (χ0n) is 5.10. The van der Waals surface area contributed by atoms with Crippen LogP contribution in [-0.4, -0.2) is 46.3 Å². The van der Waals surface area contributed by atoms with E-state index in [1.807, 2.05) is 0 Å². The summed E-state index contributed by atoms with van der Waals surface area (Å²) in [6, 6.07) is 0. The Morgan fingerprint density at radius 3 is 2.45 bits per heavy atom. The van der Waals surface area contributed by atoms with Crippen LogP contribution in [0, 0.1) is 0 Å². The second kappa shape index (κ2) is 2.28. The van der Waals surface area contributed by atoms with Crippen LogP contribution >= 0.6 is 0 Å². The van der Waals surface area contributed by atoms with Crippen molar-refractivity contribution in [1.82, 2.24) is 46.3 Å². The van der Waals surface area contributed by atoms with Gasteiger partial charge < -0.3 is 0 Å². The summed E-state index contributed by atoms with van der Waals surface area (Å²) >= 11 is 0. The highest BCUT2D eigenvalue weighted by Crippen LogP contribution is 1.87. The van der Waals surface area contributed by atoms with Crippen molar-refractivity contribution < 1.29 is 0 Å². The van der Waals surface area contributed by atoms with Crippen molar-refractivity contribution in [3.8, 4) is 5.82 Å². The zero-order valence-corrected chi connectivity index (χ0v) is 5.10. The first-order chi connectivity index (χ1) is 5.47. The summed E-state index contributed by atoms with van der Waals surface area (Å²) in [5, 5.41) is 26.9. The fraction of sp³-hybridized carbons (Fsp3) is 0. The largest absolute Gasteiger partial charge is 0.221 e. The quantitative estimate of drug-likeness (QED) is 0.445. The predicted molar refractivity (Wildman–Crippen MR) is 28.1 cm³/mol. The van der Waals surface area contributed by atoms with Gasteiger partial charge in [0.1, 0.15) is 6.20 Å². The minimum atomic E-state index is 0.324. The van der Waals surface area contributed by atoms with Gasteiger partial charge in [0, 0.05) is 0 Å². The fourth-order valence-corrected chi connectivity index (χ4v) is 0.505. The standard InChI is InChI=1S/C2HN9/c1-2(4-6-5-3-1)11-9-7-8-10-11/h1H. The van der Waals surface area contributed by atoms with E-state index in [-0.39, 0.29) is 0 Å². The van der Waals surface area contributed by atoms with Gasteiger partial charge in [0.2, 0.25) is 5.82 Å². The minimum absolute atomic E-state index is 0.324. The van der Waals surface area contributed by atoms with E-state index in [0.29, 0.717) is 5.82 Å². The Morgan fingerprint density at radius 2 is 1.82 bits per heavy atom. The highest BCUT2D eigenvalue weighted by atomic mass is 15.7. The fourth-order valence-electron chi connectivity index (χ4n) is 0.505. The Hall–Kier alpha value is -2.06. The number of rotatable bonds is 1. The van der Waals surface area contributed by atoms with E-state index in [9.17, 15) is 0 Å². The van der Waals surface area contributed by atoms with Crippen molar-refractivity contribution >= 4 is 0 Å². The molecular formula is C2HN9. The van der Waals surface area contributed by atoms with Crippen LogP contribution in [0.25, 0.3) is 5.82 Å². The summed E-state index contributed by atoms with van der Waals surface area (Å²) < 4.78 is 0. The summed E-state index contributed by atoms with van der Waals surface area (Å²) in [7, 11) is 0. The average Bonchev–Trinajstić information content (AvgIpc) is 2.58. The first-order valence-electron chi connectivity index (χ1n) is 2.59. The van der Waals surface area contributed by atoms with Gasteiger partial charge in [-0.05, 0) is 31.3 Å². The molecule has 2 aromatic heterocycles. The summed E-state index contributed by atoms with van der Waals surface area (Å²) in [6.07, 6.45) is 1.34. The smallest absolute Gasteiger partial charge is 0.133 e. The maximum absolute atomic E-state index is 3.56. The lowest BCUT2D eigenvalue weighted by atomic mass is 10.8. The normalized spacial score (nSPS) is 9.82. The van der Waals surface area contributed by atoms with E-state index < -0.39 is 0 Å². The molecule has 11 heavy (non-hydrogen) atoms. The molecule has 0 N–H and O–H groups in total. The van der Waals surface area contributed by atoms with Gasteiger partial charge >= 0.3 is 0 Å². The van der Waals surface area contributed by atoms with Crippen LogP contribution in [0.5, 0.6) is 0 Å². The summed E-state index contributed by atoms with van der Waals surface area (Å²) in [4.78, 5) is 1.08. The van der Waals surface area contributed by atoms with Gasteiger partial charge in [0.25, 0.3) is 0 Å². The first-order valence-corrected chi connectivity index (χ1v) is 2.59. The minimum Gasteiger partial charge on any atom is -0.133 e. The molecule has 2 heterocycles. The van der Waals surface area contributed by atoms with Gasteiger partial charge in [-0.2, -0.15) is 0 Å². The average molecular weight is 151 g/mol. The van der Waals surface area contributed by atoms with E-state index in [1.54, 1.807) is 0 Å². The lowest BCUT2D eigenvalue weighted by molar-refractivity contribution is 0.642. The molecule has 0 unspecified atom stereocenters. The maximum Gasteiger partial charge on any atom is 0.221 e. The molecule has 0 bridgehead atoms. The van der Waals surface area contributed by atoms with Gasteiger partial charge in [-0.25, -0.2) is 0 Å². The molecule has 0 amide bonds. The van der Waals surface area contributed by atoms with E-state index in [4.69, 9.17) is 0 Å². The van der Waals surface area contributed by atoms with Gasteiger partial charge in [-0.3, -0.25) is 0 Å². The molecule has 54 valence electrons. The summed E-state index contributed by atoms with van der Waals surface area (Å²) in [5.41, 5.74) is 0. The third kappa shape index (κ3) is 0.976. The van der Waals surface area contributed by atoms with Crippen LogP contribution in [0.4, 0.5) is 0 Å². The molecule has 2 aromatic rings. The lowest BCUT2D eigenvalue weighted by Crippen LogP contribution is -2.05. The zero-order chi connectivity index (χ0) is 7.52. The monoisotopic (exact) mass is 151 g/mol. The molecule has 9 nitrogen and oxygen atoms in total. The van der Waals surface area contributed by atoms with Crippen molar-refractivity contribution in [2.45, 2.75) is 0 Å². The molecule has 9 heteroatoms. The van der Waals surface area contributed by atoms with Crippen molar-refractivity contribution in [1.29, 1.82) is 0 Å². The number of hydrogen-bond donors (Lipinski definition) is 0. The Labute approximate surface area is 59.4 Å². The van der Waals surface area contributed by atoms with Crippen LogP contribution in [0.1, 0.15) is 0 Å². The van der Waals surface area contributed by atoms with Gasteiger partial charge in [-0.1, -0.05) is 4.80 Å². The molecule has 0 aliphatic rings. The molecule has 0 aliphatic heterocycles. The van der Waals surface area contributed by atoms with Crippen LogP contribution in [-0.2, 0) is 0 Å². The summed E-state index contributed by atoms with van der Waals surface area (Å²) in [5.74, 6) is 0.324. The molecule has 0 spiro atoms. The Kier molecular flexibility index (Phi) is 1.18. The van der Waals surface area contributed by atoms with E-state index in [1.165, 1.54) is 6.20 Å². The number of nitrogens with zero attached hydrogens (tertiary/aromatic N) is 9. The number of aromatic nitrogens is 9. The predicted octanol–water partition coefficient (Wildman–Crippen LogP) is -2.36. The van der Waals surface area contributed by atoms with Crippen molar-refractivity contribution in [3.63, 3.8) is 0 Å². The SMILES string of the molecule is c1nnnnc1-n1nnnn1. The Bertz CT molecular complexity index is 311. The highest BCUT2D eigenvalue weighted by Gasteiger charge is 1.99. The molecule has 0 aliphatic carbocycles. The highest BCUT2D eigenvalue weighted by molar-refractivity contribution is 5.06. The van der Waals surface area contributed by atoms with Crippen LogP contribution in [0.15, 0.2) is 6.20 Å². The van der Waals surface area contributed by atoms with Gasteiger partial charge in [0.05, 0.1) is 0 Å². The summed E-state index contributed by atoms with van der Waals surface area (Å²) in [6.45, 7) is 0. The van der Waals surface area contributed by atoms with Gasteiger partial charge in [-0.15, -0.1) is 10.2 Å². The first kappa shape index (κ1) is 5.70. The second-order valence-corrected chi connectivity index (χ2v) is 1.53. The van der Waals surface area contributed by atoms with Crippen LogP contribution < -0.4 is 0 Å². The third-order valence-corrected chi connectivity index (χ3v) is 0.906. The molecule has 0 saturated carbocycles. The van der Waals surface area contributed by atoms with Crippen molar-refractivity contribution in [2.24, 2.45) is 0 Å². The van der Waals surface area contributed by atoms with E-state index in [0.717, 1.165) is 4.80 Å². The number of hydrogen-bond acceptors (Lipinski definition) is 8. The third-order valence-electron chi connectivity index (χ3n) is 0.906. The molecule has 0 atom stereocenters. The van der Waals surface area contributed by atoms with Crippen molar-refractivity contribution in [3.05, 3.63) is 6.20 Å². The topological polar surface area (TPSA) is 108 Å². The van der Waals surface area contributed by atoms with E-state index >= 15 is 0 Å². The molecule has 0 radical (unpaired) electrons. The van der Waals surface area contributed by atoms with Crippen LogP contribution in [0.3, 0.4) is 0 Å². The molecule has 2 rings (SSSR count). The van der Waals surface area contributed by atoms with Crippen LogP contribution in [0.2, 0.25) is 0 Å². The second-order valence-electron chi connectivity index (χ2n) is 1.53. The van der Waals surface area contributed by atoms with Crippen molar-refractivity contribution in [2.75, 3.05) is 0 Å². The lowest BCUT2D eigenvalue weighted by Gasteiger charge is -1.88. The van der Waals surface area contributed by atoms with E-state index in [2.05, 4.69) is 41.5 Å². The molecule has 0 saturated heterocycles. The van der Waals surface area contributed by atoms with Gasteiger partial charge in [0.15, 0.2) is 0 Å². The Balaban J connectivity index is 2.46. The molecule has 0 aromatic carbocycles. The maximum atomic E-state index is 3.56. The molecule has 0 fully saturated rings.